The largest absolute Gasteiger partial charge is 0.358 e. The summed E-state index contributed by atoms with van der Waals surface area (Å²) in [4.78, 5) is 13.7. The molecule has 1 aromatic heterocycles. The molecule has 0 bridgehead atoms. The number of aromatic amines is 1. The Bertz CT molecular complexity index is 482. The van der Waals surface area contributed by atoms with E-state index < -0.39 is 0 Å². The molecule has 0 aliphatic rings. The molecule has 1 N–H and O–H groups in total. The molecular weight excluding hydrogens is 174 g/mol. The summed E-state index contributed by atoms with van der Waals surface area (Å²) in [5.41, 5.74) is 4.68. The van der Waals surface area contributed by atoms with Gasteiger partial charge in [0, 0.05) is 17.6 Å². The maximum Gasteiger partial charge on any atom is 0.125 e. The second-order valence-electron chi connectivity index (χ2n) is 3.64. The van der Waals surface area contributed by atoms with Crippen molar-refractivity contribution in [3.63, 3.8) is 0 Å². The normalized spacial score (nSPS) is 10.7. The molecule has 72 valence electrons. The highest BCUT2D eigenvalue weighted by molar-refractivity contribution is 5.85. The van der Waals surface area contributed by atoms with Gasteiger partial charge in [0.25, 0.3) is 0 Å². The lowest BCUT2D eigenvalue weighted by atomic mass is 10.1. The van der Waals surface area contributed by atoms with Gasteiger partial charge in [-0.05, 0) is 36.4 Å². The minimum absolute atomic E-state index is 0.465. The molecule has 0 saturated carbocycles. The lowest BCUT2D eigenvalue weighted by Gasteiger charge is -1.99. The number of carbonyl (C=O) groups excluding carboxylic acids is 1. The number of benzene rings is 1. The Kier molecular flexibility index (Phi) is 2.12. The van der Waals surface area contributed by atoms with Gasteiger partial charge < -0.3 is 9.78 Å². The van der Waals surface area contributed by atoms with Crippen LogP contribution in [0.1, 0.15) is 16.8 Å². The lowest BCUT2D eigenvalue weighted by Crippen LogP contribution is -1.85. The number of carbonyl (C=O) groups is 1. The van der Waals surface area contributed by atoms with Gasteiger partial charge >= 0.3 is 0 Å². The Morgan fingerprint density at radius 3 is 2.86 bits per heavy atom. The number of aldehydes is 1. The number of rotatable bonds is 2. The van der Waals surface area contributed by atoms with Crippen LogP contribution in [0.3, 0.4) is 0 Å². The van der Waals surface area contributed by atoms with Crippen LogP contribution >= 0.6 is 0 Å². The highest BCUT2D eigenvalue weighted by Crippen LogP contribution is 2.21. The summed E-state index contributed by atoms with van der Waals surface area (Å²) < 4.78 is 0. The van der Waals surface area contributed by atoms with E-state index in [4.69, 9.17) is 0 Å². The van der Waals surface area contributed by atoms with Crippen LogP contribution in [-0.2, 0) is 11.2 Å². The van der Waals surface area contributed by atoms with E-state index in [1.165, 1.54) is 16.5 Å². The number of H-pyrrole nitrogens is 1. The summed E-state index contributed by atoms with van der Waals surface area (Å²) in [6, 6.07) is 6.23. The van der Waals surface area contributed by atoms with Crippen LogP contribution in [0.25, 0.3) is 10.9 Å². The Balaban J connectivity index is 2.64. The Hall–Kier alpha value is -1.57. The standard InChI is InChI=1S/C12H13NO/c1-8-3-4-10-7-11(5-6-14)13-12(10)9(8)2/h3-4,6-7,13H,5H2,1-2H3. The molecule has 0 aliphatic heterocycles. The fraction of sp³-hybridized carbons (Fsp3) is 0.250. The van der Waals surface area contributed by atoms with Crippen molar-refractivity contribution >= 4 is 17.2 Å². The molecule has 0 spiro atoms. The number of hydrogen-bond acceptors (Lipinski definition) is 1. The number of hydrogen-bond donors (Lipinski definition) is 1. The summed E-state index contributed by atoms with van der Waals surface area (Å²) in [5.74, 6) is 0. The third kappa shape index (κ3) is 1.33. The first kappa shape index (κ1) is 9.00. The number of aryl methyl sites for hydroxylation is 2. The third-order valence-electron chi connectivity index (χ3n) is 2.69. The Labute approximate surface area is 82.9 Å². The van der Waals surface area contributed by atoms with Gasteiger partial charge in [-0.1, -0.05) is 12.1 Å². The maximum absolute atomic E-state index is 10.4. The van der Waals surface area contributed by atoms with Gasteiger partial charge in [-0.3, -0.25) is 0 Å². The first-order valence-electron chi connectivity index (χ1n) is 4.74. The molecule has 0 saturated heterocycles. The molecule has 0 aliphatic carbocycles. The first-order valence-corrected chi connectivity index (χ1v) is 4.74. The van der Waals surface area contributed by atoms with Gasteiger partial charge in [0.05, 0.1) is 0 Å². The predicted octanol–water partition coefficient (Wildman–Crippen LogP) is 2.53. The van der Waals surface area contributed by atoms with E-state index in [1.807, 2.05) is 6.07 Å². The quantitative estimate of drug-likeness (QED) is 0.720. The second kappa shape index (κ2) is 3.29. The van der Waals surface area contributed by atoms with Crippen LogP contribution < -0.4 is 0 Å². The molecule has 1 aromatic carbocycles. The van der Waals surface area contributed by atoms with E-state index in [2.05, 4.69) is 31.0 Å². The summed E-state index contributed by atoms with van der Waals surface area (Å²) >= 11 is 0. The zero-order chi connectivity index (χ0) is 10.1. The van der Waals surface area contributed by atoms with E-state index in [9.17, 15) is 4.79 Å². The van der Waals surface area contributed by atoms with Crippen LogP contribution in [0.4, 0.5) is 0 Å². The SMILES string of the molecule is Cc1ccc2cc(CC=O)[nH]c2c1C. The zero-order valence-electron chi connectivity index (χ0n) is 8.42. The number of aromatic nitrogens is 1. The Morgan fingerprint density at radius 1 is 1.36 bits per heavy atom. The fourth-order valence-electron chi connectivity index (χ4n) is 1.71. The molecule has 0 amide bonds. The number of fused-ring (bicyclic) bond motifs is 1. The van der Waals surface area contributed by atoms with Crippen LogP contribution in [-0.4, -0.2) is 11.3 Å². The zero-order valence-corrected chi connectivity index (χ0v) is 8.42. The minimum Gasteiger partial charge on any atom is -0.358 e. The van der Waals surface area contributed by atoms with Crippen molar-refractivity contribution in [2.24, 2.45) is 0 Å². The maximum atomic E-state index is 10.4. The molecule has 2 rings (SSSR count). The second-order valence-corrected chi connectivity index (χ2v) is 3.64. The van der Waals surface area contributed by atoms with Crippen molar-refractivity contribution in [1.29, 1.82) is 0 Å². The highest BCUT2D eigenvalue weighted by atomic mass is 16.1. The Morgan fingerprint density at radius 2 is 2.14 bits per heavy atom. The van der Waals surface area contributed by atoms with Crippen molar-refractivity contribution < 1.29 is 4.79 Å². The molecule has 2 aromatic rings. The van der Waals surface area contributed by atoms with E-state index >= 15 is 0 Å². The average Bonchev–Trinajstić information content (AvgIpc) is 2.56. The van der Waals surface area contributed by atoms with Gasteiger partial charge in [0.15, 0.2) is 0 Å². The smallest absolute Gasteiger partial charge is 0.125 e. The minimum atomic E-state index is 0.465. The van der Waals surface area contributed by atoms with Crippen molar-refractivity contribution in [2.45, 2.75) is 20.3 Å². The predicted molar refractivity (Wildman–Crippen MR) is 57.5 cm³/mol. The first-order chi connectivity index (χ1) is 6.72. The molecule has 14 heavy (non-hydrogen) atoms. The summed E-state index contributed by atoms with van der Waals surface area (Å²) in [7, 11) is 0. The molecule has 2 heteroatoms. The van der Waals surface area contributed by atoms with Crippen LogP contribution in [0.5, 0.6) is 0 Å². The summed E-state index contributed by atoms with van der Waals surface area (Å²) in [6.07, 6.45) is 1.39. The summed E-state index contributed by atoms with van der Waals surface area (Å²) in [5, 5.41) is 1.19. The van der Waals surface area contributed by atoms with E-state index in [-0.39, 0.29) is 0 Å². The van der Waals surface area contributed by atoms with Crippen molar-refractivity contribution in [2.75, 3.05) is 0 Å². The molecule has 0 atom stereocenters. The monoisotopic (exact) mass is 187 g/mol. The van der Waals surface area contributed by atoms with E-state index in [0.29, 0.717) is 6.42 Å². The molecule has 0 fully saturated rings. The lowest BCUT2D eigenvalue weighted by molar-refractivity contribution is -0.107. The van der Waals surface area contributed by atoms with E-state index in [1.54, 1.807) is 0 Å². The molecule has 0 radical (unpaired) electrons. The van der Waals surface area contributed by atoms with E-state index in [0.717, 1.165) is 17.5 Å². The van der Waals surface area contributed by atoms with Crippen molar-refractivity contribution in [3.8, 4) is 0 Å². The molecule has 0 unspecified atom stereocenters. The highest BCUT2D eigenvalue weighted by Gasteiger charge is 2.04. The molecule has 1 heterocycles. The van der Waals surface area contributed by atoms with Crippen LogP contribution in [0, 0.1) is 13.8 Å². The molecule has 2 nitrogen and oxygen atoms in total. The van der Waals surface area contributed by atoms with Gasteiger partial charge in [-0.25, -0.2) is 0 Å². The van der Waals surface area contributed by atoms with Gasteiger partial charge in [0.2, 0.25) is 0 Å². The molecular formula is C12H13NO. The van der Waals surface area contributed by atoms with Crippen molar-refractivity contribution in [1.82, 2.24) is 4.98 Å². The summed E-state index contributed by atoms with van der Waals surface area (Å²) in [6.45, 7) is 4.19. The van der Waals surface area contributed by atoms with Gasteiger partial charge in [0.1, 0.15) is 6.29 Å². The number of nitrogens with one attached hydrogen (secondary N) is 1. The van der Waals surface area contributed by atoms with Crippen LogP contribution in [0.15, 0.2) is 18.2 Å². The topological polar surface area (TPSA) is 32.9 Å². The average molecular weight is 187 g/mol. The third-order valence-corrected chi connectivity index (χ3v) is 2.69. The van der Waals surface area contributed by atoms with Gasteiger partial charge in [-0.2, -0.15) is 0 Å². The van der Waals surface area contributed by atoms with Crippen molar-refractivity contribution in [3.05, 3.63) is 35.0 Å². The van der Waals surface area contributed by atoms with Crippen LogP contribution in [0.2, 0.25) is 0 Å². The fourth-order valence-corrected chi connectivity index (χ4v) is 1.71. The van der Waals surface area contributed by atoms with Gasteiger partial charge in [-0.15, -0.1) is 0 Å².